The maximum absolute atomic E-state index is 9.69. The molecule has 2 saturated heterocycles. The predicted molar refractivity (Wildman–Crippen MR) is 78.6 cm³/mol. The summed E-state index contributed by atoms with van der Waals surface area (Å²) in [5, 5.41) is 9.69. The molecule has 0 amide bonds. The van der Waals surface area contributed by atoms with Gasteiger partial charge in [0.25, 0.3) is 0 Å². The molecule has 0 bridgehead atoms. The molecule has 5 heteroatoms. The highest BCUT2D eigenvalue weighted by molar-refractivity contribution is 5.30. The van der Waals surface area contributed by atoms with Crippen molar-refractivity contribution in [2.45, 2.75) is 44.8 Å². The highest BCUT2D eigenvalue weighted by Gasteiger charge is 2.18. The fraction of sp³-hybridized carbons (Fsp3) is 0.733. The van der Waals surface area contributed by atoms with Crippen LogP contribution in [0.25, 0.3) is 0 Å². The first kappa shape index (κ1) is 13.8. The molecule has 1 aromatic heterocycles. The Morgan fingerprint density at radius 1 is 1.05 bits per heavy atom. The highest BCUT2D eigenvalue weighted by atomic mass is 16.3. The standard InChI is InChI=1S/C15H24N4O/c20-14-5-4-6-18(12-14)11-13-9-16-15(17-10-13)19-7-2-1-3-8-19/h9-10,14,20H,1-8,11-12H2/t14-/m0/s1. The Hall–Kier alpha value is -1.20. The highest BCUT2D eigenvalue weighted by Crippen LogP contribution is 2.16. The lowest BCUT2D eigenvalue weighted by atomic mass is 10.1. The summed E-state index contributed by atoms with van der Waals surface area (Å²) in [7, 11) is 0. The first-order valence-electron chi connectivity index (χ1n) is 7.77. The van der Waals surface area contributed by atoms with Gasteiger partial charge < -0.3 is 10.0 Å². The Bertz CT molecular complexity index is 416. The SMILES string of the molecule is O[C@H]1CCCN(Cc2cnc(N3CCCCC3)nc2)C1. The molecule has 5 nitrogen and oxygen atoms in total. The van der Waals surface area contributed by atoms with Crippen molar-refractivity contribution in [2.24, 2.45) is 0 Å². The minimum Gasteiger partial charge on any atom is -0.392 e. The number of piperidine rings is 2. The zero-order valence-corrected chi connectivity index (χ0v) is 12.0. The molecule has 110 valence electrons. The molecule has 0 spiro atoms. The van der Waals surface area contributed by atoms with Gasteiger partial charge >= 0.3 is 0 Å². The summed E-state index contributed by atoms with van der Waals surface area (Å²) in [6.07, 6.45) is 9.54. The number of hydrogen-bond donors (Lipinski definition) is 1. The van der Waals surface area contributed by atoms with Crippen LogP contribution in [0.15, 0.2) is 12.4 Å². The molecule has 3 rings (SSSR count). The summed E-state index contributed by atoms with van der Waals surface area (Å²) in [6.45, 7) is 4.84. The van der Waals surface area contributed by atoms with Gasteiger partial charge in [0.15, 0.2) is 0 Å². The lowest BCUT2D eigenvalue weighted by Gasteiger charge is -2.30. The summed E-state index contributed by atoms with van der Waals surface area (Å²) in [5.41, 5.74) is 1.14. The van der Waals surface area contributed by atoms with Crippen LogP contribution < -0.4 is 4.90 Å². The number of aliphatic hydroxyl groups is 1. The summed E-state index contributed by atoms with van der Waals surface area (Å²) >= 11 is 0. The van der Waals surface area contributed by atoms with Crippen molar-refractivity contribution >= 4 is 5.95 Å². The molecular formula is C15H24N4O. The quantitative estimate of drug-likeness (QED) is 0.905. The number of aliphatic hydroxyl groups excluding tert-OH is 1. The summed E-state index contributed by atoms with van der Waals surface area (Å²) < 4.78 is 0. The van der Waals surface area contributed by atoms with Gasteiger partial charge in [-0.2, -0.15) is 0 Å². The van der Waals surface area contributed by atoms with Crippen molar-refractivity contribution < 1.29 is 5.11 Å². The van der Waals surface area contributed by atoms with Gasteiger partial charge in [-0.05, 0) is 38.6 Å². The molecule has 0 aromatic carbocycles. The summed E-state index contributed by atoms with van der Waals surface area (Å²) in [5.74, 6) is 0.868. The van der Waals surface area contributed by atoms with Crippen molar-refractivity contribution in [3.05, 3.63) is 18.0 Å². The summed E-state index contributed by atoms with van der Waals surface area (Å²) in [4.78, 5) is 13.6. The third kappa shape index (κ3) is 3.46. The van der Waals surface area contributed by atoms with E-state index in [1.54, 1.807) is 0 Å². The van der Waals surface area contributed by atoms with Crippen LogP contribution in [0.2, 0.25) is 0 Å². The van der Waals surface area contributed by atoms with Crippen LogP contribution in [0.4, 0.5) is 5.95 Å². The summed E-state index contributed by atoms with van der Waals surface area (Å²) in [6, 6.07) is 0. The number of aromatic nitrogens is 2. The Balaban J connectivity index is 1.58. The van der Waals surface area contributed by atoms with Crippen LogP contribution >= 0.6 is 0 Å². The molecular weight excluding hydrogens is 252 g/mol. The zero-order valence-electron chi connectivity index (χ0n) is 12.0. The van der Waals surface area contributed by atoms with Gasteiger partial charge in [-0.25, -0.2) is 9.97 Å². The first-order chi connectivity index (χ1) is 9.81. The number of rotatable bonds is 3. The normalized spacial score (nSPS) is 24.9. The van der Waals surface area contributed by atoms with Crippen LogP contribution in [0.5, 0.6) is 0 Å². The molecule has 3 heterocycles. The molecule has 0 unspecified atom stereocenters. The monoisotopic (exact) mass is 276 g/mol. The van der Waals surface area contributed by atoms with E-state index in [1.165, 1.54) is 19.3 Å². The first-order valence-corrected chi connectivity index (χ1v) is 7.77. The average molecular weight is 276 g/mol. The van der Waals surface area contributed by atoms with Crippen LogP contribution in [0.1, 0.15) is 37.7 Å². The van der Waals surface area contributed by atoms with Crippen molar-refractivity contribution in [3.63, 3.8) is 0 Å². The smallest absolute Gasteiger partial charge is 0.225 e. The topological polar surface area (TPSA) is 52.5 Å². The number of hydrogen-bond acceptors (Lipinski definition) is 5. The molecule has 0 aliphatic carbocycles. The van der Waals surface area contributed by atoms with Gasteiger partial charge in [-0.1, -0.05) is 0 Å². The fourth-order valence-corrected chi connectivity index (χ4v) is 3.12. The van der Waals surface area contributed by atoms with Crippen LogP contribution in [-0.2, 0) is 6.54 Å². The van der Waals surface area contributed by atoms with Crippen LogP contribution in [0.3, 0.4) is 0 Å². The Morgan fingerprint density at radius 3 is 2.50 bits per heavy atom. The van der Waals surface area contributed by atoms with Crippen LogP contribution in [-0.4, -0.2) is 52.3 Å². The van der Waals surface area contributed by atoms with E-state index in [-0.39, 0.29) is 6.10 Å². The largest absolute Gasteiger partial charge is 0.392 e. The fourth-order valence-electron chi connectivity index (χ4n) is 3.12. The van der Waals surface area contributed by atoms with E-state index in [9.17, 15) is 5.11 Å². The minimum atomic E-state index is -0.169. The minimum absolute atomic E-state index is 0.169. The van der Waals surface area contributed by atoms with E-state index in [4.69, 9.17) is 0 Å². The second kappa shape index (κ2) is 6.50. The number of β-amino-alcohol motifs (C(OH)–C–C–N with tert-alkyl or cyclic N) is 1. The molecule has 0 saturated carbocycles. The third-order valence-corrected chi connectivity index (χ3v) is 4.22. The maximum atomic E-state index is 9.69. The third-order valence-electron chi connectivity index (χ3n) is 4.22. The molecule has 1 aromatic rings. The van der Waals surface area contributed by atoms with Gasteiger partial charge in [-0.3, -0.25) is 4.90 Å². The Morgan fingerprint density at radius 2 is 1.80 bits per heavy atom. The van der Waals surface area contributed by atoms with Gasteiger partial charge in [0, 0.05) is 44.1 Å². The van der Waals surface area contributed by atoms with E-state index < -0.39 is 0 Å². The van der Waals surface area contributed by atoms with E-state index in [1.807, 2.05) is 12.4 Å². The van der Waals surface area contributed by atoms with Gasteiger partial charge in [-0.15, -0.1) is 0 Å². The van der Waals surface area contributed by atoms with Gasteiger partial charge in [0.2, 0.25) is 5.95 Å². The number of likely N-dealkylation sites (tertiary alicyclic amines) is 1. The molecule has 1 atom stereocenters. The second-order valence-electron chi connectivity index (χ2n) is 5.97. The van der Waals surface area contributed by atoms with Crippen molar-refractivity contribution in [2.75, 3.05) is 31.1 Å². The van der Waals surface area contributed by atoms with E-state index in [0.717, 1.165) is 57.1 Å². The van der Waals surface area contributed by atoms with E-state index >= 15 is 0 Å². The average Bonchev–Trinajstić information content (AvgIpc) is 2.49. The predicted octanol–water partition coefficient (Wildman–Crippen LogP) is 1.42. The van der Waals surface area contributed by atoms with E-state index in [2.05, 4.69) is 19.8 Å². The Labute approximate surface area is 120 Å². The zero-order chi connectivity index (χ0) is 13.8. The molecule has 2 fully saturated rings. The molecule has 0 radical (unpaired) electrons. The second-order valence-corrected chi connectivity index (χ2v) is 5.97. The van der Waals surface area contributed by atoms with E-state index in [0.29, 0.717) is 0 Å². The molecule has 1 N–H and O–H groups in total. The maximum Gasteiger partial charge on any atom is 0.225 e. The van der Waals surface area contributed by atoms with Gasteiger partial charge in [0.05, 0.1) is 6.10 Å². The van der Waals surface area contributed by atoms with Crippen molar-refractivity contribution in [1.29, 1.82) is 0 Å². The lowest BCUT2D eigenvalue weighted by Crippen LogP contribution is -2.37. The lowest BCUT2D eigenvalue weighted by molar-refractivity contribution is 0.0667. The molecule has 2 aliphatic rings. The molecule has 2 aliphatic heterocycles. The molecule has 20 heavy (non-hydrogen) atoms. The van der Waals surface area contributed by atoms with Crippen LogP contribution in [0, 0.1) is 0 Å². The Kier molecular flexibility index (Phi) is 4.47. The van der Waals surface area contributed by atoms with Crippen molar-refractivity contribution in [1.82, 2.24) is 14.9 Å². The van der Waals surface area contributed by atoms with Crippen molar-refractivity contribution in [3.8, 4) is 0 Å². The number of nitrogens with zero attached hydrogens (tertiary/aromatic N) is 4. The van der Waals surface area contributed by atoms with Gasteiger partial charge in [0.1, 0.15) is 0 Å². The number of anilines is 1.